The SMILES string of the molecule is CN(C)Cc1nc(C(=O)N[C@@H](CC(C)(C)C)c2cccnc2)cs1. The maximum absolute atomic E-state index is 12.6. The molecule has 130 valence electrons. The molecule has 0 spiro atoms. The van der Waals surface area contributed by atoms with Crippen LogP contribution in [0.15, 0.2) is 29.9 Å². The van der Waals surface area contributed by atoms with Gasteiger partial charge in [0.1, 0.15) is 10.7 Å². The van der Waals surface area contributed by atoms with Gasteiger partial charge < -0.3 is 10.2 Å². The highest BCUT2D eigenvalue weighted by Gasteiger charge is 2.23. The Kier molecular flexibility index (Phi) is 6.07. The van der Waals surface area contributed by atoms with Gasteiger partial charge in [0.05, 0.1) is 6.04 Å². The van der Waals surface area contributed by atoms with Gasteiger partial charge in [-0.3, -0.25) is 9.78 Å². The van der Waals surface area contributed by atoms with Gasteiger partial charge in [-0.25, -0.2) is 4.98 Å². The van der Waals surface area contributed by atoms with Gasteiger partial charge in [0.15, 0.2) is 0 Å². The van der Waals surface area contributed by atoms with Crippen LogP contribution in [0.3, 0.4) is 0 Å². The molecule has 2 aromatic heterocycles. The van der Waals surface area contributed by atoms with Crippen LogP contribution in [-0.2, 0) is 6.54 Å². The van der Waals surface area contributed by atoms with E-state index in [1.165, 1.54) is 11.3 Å². The third-order valence-electron chi connectivity index (χ3n) is 3.44. The van der Waals surface area contributed by atoms with Crippen LogP contribution in [0.1, 0.15) is 54.3 Å². The van der Waals surface area contributed by atoms with Crippen LogP contribution < -0.4 is 5.32 Å². The van der Waals surface area contributed by atoms with Crippen LogP contribution >= 0.6 is 11.3 Å². The van der Waals surface area contributed by atoms with Crippen molar-refractivity contribution in [2.24, 2.45) is 5.41 Å². The number of carbonyl (C=O) groups is 1. The second-order valence-corrected chi connectivity index (χ2v) is 8.38. The van der Waals surface area contributed by atoms with Gasteiger partial charge in [-0.05, 0) is 37.6 Å². The van der Waals surface area contributed by atoms with Crippen LogP contribution in [0.4, 0.5) is 0 Å². The molecular weight excluding hydrogens is 320 g/mol. The average Bonchev–Trinajstić information content (AvgIpc) is 2.94. The number of amides is 1. The molecule has 2 heterocycles. The molecule has 0 radical (unpaired) electrons. The fraction of sp³-hybridized carbons (Fsp3) is 0.500. The van der Waals surface area contributed by atoms with E-state index < -0.39 is 0 Å². The molecule has 1 amide bonds. The van der Waals surface area contributed by atoms with E-state index in [4.69, 9.17) is 0 Å². The number of nitrogens with one attached hydrogen (secondary N) is 1. The van der Waals surface area contributed by atoms with E-state index in [0.29, 0.717) is 5.69 Å². The Bertz CT molecular complexity index is 661. The number of hydrogen-bond donors (Lipinski definition) is 1. The molecule has 24 heavy (non-hydrogen) atoms. The Labute approximate surface area is 148 Å². The van der Waals surface area contributed by atoms with Crippen molar-refractivity contribution in [2.45, 2.75) is 39.8 Å². The summed E-state index contributed by atoms with van der Waals surface area (Å²) in [5.41, 5.74) is 1.59. The zero-order valence-corrected chi connectivity index (χ0v) is 15.9. The lowest BCUT2D eigenvalue weighted by atomic mass is 9.86. The molecule has 5 nitrogen and oxygen atoms in total. The summed E-state index contributed by atoms with van der Waals surface area (Å²) in [4.78, 5) is 23.3. The minimum Gasteiger partial charge on any atom is -0.344 e. The molecule has 0 unspecified atom stereocenters. The maximum Gasteiger partial charge on any atom is 0.271 e. The first-order chi connectivity index (χ1) is 11.2. The maximum atomic E-state index is 12.6. The lowest BCUT2D eigenvalue weighted by Crippen LogP contribution is -2.31. The van der Waals surface area contributed by atoms with E-state index in [2.05, 4.69) is 36.1 Å². The van der Waals surface area contributed by atoms with E-state index in [1.54, 1.807) is 6.20 Å². The zero-order chi connectivity index (χ0) is 17.7. The molecule has 0 aliphatic carbocycles. The Morgan fingerprint density at radius 2 is 2.12 bits per heavy atom. The fourth-order valence-electron chi connectivity index (χ4n) is 2.44. The lowest BCUT2D eigenvalue weighted by molar-refractivity contribution is 0.0921. The third kappa shape index (κ3) is 5.69. The Balaban J connectivity index is 2.13. The van der Waals surface area contributed by atoms with Crippen molar-refractivity contribution in [1.82, 2.24) is 20.2 Å². The summed E-state index contributed by atoms with van der Waals surface area (Å²) < 4.78 is 0. The second-order valence-electron chi connectivity index (χ2n) is 7.44. The van der Waals surface area contributed by atoms with Gasteiger partial charge in [0.2, 0.25) is 0 Å². The minimum absolute atomic E-state index is 0.0785. The number of thiazole rings is 1. The predicted octanol–water partition coefficient (Wildman–Crippen LogP) is 3.51. The van der Waals surface area contributed by atoms with Gasteiger partial charge in [0.25, 0.3) is 5.91 Å². The molecule has 2 aromatic rings. The van der Waals surface area contributed by atoms with Crippen LogP contribution in [0.2, 0.25) is 0 Å². The van der Waals surface area contributed by atoms with Crippen molar-refractivity contribution < 1.29 is 4.79 Å². The molecule has 0 bridgehead atoms. The summed E-state index contributed by atoms with van der Waals surface area (Å²) in [5, 5.41) is 5.89. The van der Waals surface area contributed by atoms with Gasteiger partial charge in [-0.1, -0.05) is 26.8 Å². The number of nitrogens with zero attached hydrogens (tertiary/aromatic N) is 3. The highest BCUT2D eigenvalue weighted by molar-refractivity contribution is 7.09. The third-order valence-corrected chi connectivity index (χ3v) is 4.28. The van der Waals surface area contributed by atoms with Crippen molar-refractivity contribution in [3.8, 4) is 0 Å². The zero-order valence-electron chi connectivity index (χ0n) is 15.0. The molecule has 0 fully saturated rings. The van der Waals surface area contributed by atoms with E-state index in [9.17, 15) is 4.79 Å². The van der Waals surface area contributed by atoms with E-state index in [0.717, 1.165) is 23.5 Å². The first-order valence-corrected chi connectivity index (χ1v) is 8.92. The average molecular weight is 346 g/mol. The first-order valence-electron chi connectivity index (χ1n) is 8.04. The highest BCUT2D eigenvalue weighted by Crippen LogP contribution is 2.29. The van der Waals surface area contributed by atoms with Crippen LogP contribution in [0.5, 0.6) is 0 Å². The summed E-state index contributed by atoms with van der Waals surface area (Å²) in [7, 11) is 3.98. The van der Waals surface area contributed by atoms with Crippen molar-refractivity contribution >= 4 is 17.2 Å². The van der Waals surface area contributed by atoms with Crippen LogP contribution in [-0.4, -0.2) is 34.9 Å². The molecule has 2 rings (SSSR count). The summed E-state index contributed by atoms with van der Waals surface area (Å²) in [6.45, 7) is 7.24. The fourth-order valence-corrected chi connectivity index (χ4v) is 3.33. The molecule has 0 aliphatic heterocycles. The highest BCUT2D eigenvalue weighted by atomic mass is 32.1. The summed E-state index contributed by atoms with van der Waals surface area (Å²) in [5.74, 6) is -0.130. The summed E-state index contributed by atoms with van der Waals surface area (Å²) in [6, 6.07) is 3.82. The quantitative estimate of drug-likeness (QED) is 0.869. The number of hydrogen-bond acceptors (Lipinski definition) is 5. The molecule has 0 aromatic carbocycles. The summed E-state index contributed by atoms with van der Waals surface area (Å²) in [6.07, 6.45) is 4.39. The normalized spacial score (nSPS) is 13.1. The number of rotatable bonds is 6. The Hall–Kier alpha value is -1.79. The first kappa shape index (κ1) is 18.5. The predicted molar refractivity (Wildman–Crippen MR) is 98.0 cm³/mol. The molecule has 0 saturated carbocycles. The van der Waals surface area contributed by atoms with Crippen LogP contribution in [0.25, 0.3) is 0 Å². The second kappa shape index (κ2) is 7.85. The monoisotopic (exact) mass is 346 g/mol. The van der Waals surface area contributed by atoms with Crippen molar-refractivity contribution in [2.75, 3.05) is 14.1 Å². The molecule has 0 aliphatic rings. The molecule has 0 saturated heterocycles. The minimum atomic E-state index is -0.130. The molecule has 6 heteroatoms. The van der Waals surface area contributed by atoms with Crippen molar-refractivity contribution in [3.63, 3.8) is 0 Å². The van der Waals surface area contributed by atoms with Gasteiger partial charge in [0, 0.05) is 24.3 Å². The number of carbonyl (C=O) groups excluding carboxylic acids is 1. The number of aromatic nitrogens is 2. The molecule has 1 atom stereocenters. The van der Waals surface area contributed by atoms with E-state index in [-0.39, 0.29) is 17.4 Å². The Morgan fingerprint density at radius 1 is 1.38 bits per heavy atom. The van der Waals surface area contributed by atoms with E-state index >= 15 is 0 Å². The van der Waals surface area contributed by atoms with Crippen molar-refractivity contribution in [1.29, 1.82) is 0 Å². The molecular formula is C18H26N4OS. The lowest BCUT2D eigenvalue weighted by Gasteiger charge is -2.26. The summed E-state index contributed by atoms with van der Waals surface area (Å²) >= 11 is 1.52. The standard InChI is InChI=1S/C18H26N4OS/c1-18(2,3)9-14(13-7-6-8-19-10-13)21-17(23)15-12-24-16(20-15)11-22(4)5/h6-8,10,12,14H,9,11H2,1-5H3,(H,21,23)/t14-/m0/s1. The molecule has 1 N–H and O–H groups in total. The number of pyridine rings is 1. The Morgan fingerprint density at radius 3 is 2.71 bits per heavy atom. The van der Waals surface area contributed by atoms with Crippen molar-refractivity contribution in [3.05, 3.63) is 46.2 Å². The van der Waals surface area contributed by atoms with Gasteiger partial charge >= 0.3 is 0 Å². The topological polar surface area (TPSA) is 58.1 Å². The van der Waals surface area contributed by atoms with Gasteiger partial charge in [-0.2, -0.15) is 0 Å². The van der Waals surface area contributed by atoms with E-state index in [1.807, 2.05) is 42.7 Å². The van der Waals surface area contributed by atoms with Crippen LogP contribution in [0, 0.1) is 5.41 Å². The largest absolute Gasteiger partial charge is 0.344 e. The smallest absolute Gasteiger partial charge is 0.271 e. The van der Waals surface area contributed by atoms with Gasteiger partial charge in [-0.15, -0.1) is 11.3 Å².